The van der Waals surface area contributed by atoms with Crippen LogP contribution in [0.15, 0.2) is 42.5 Å². The van der Waals surface area contributed by atoms with E-state index in [9.17, 15) is 4.79 Å². The van der Waals surface area contributed by atoms with Gasteiger partial charge >= 0.3 is 0 Å². The topological polar surface area (TPSA) is 38.3 Å². The third kappa shape index (κ3) is 3.47. The lowest BCUT2D eigenvalue weighted by atomic mass is 9.71. The maximum atomic E-state index is 12.1. The minimum Gasteiger partial charge on any atom is -0.497 e. The quantitative estimate of drug-likeness (QED) is 0.824. The summed E-state index contributed by atoms with van der Waals surface area (Å²) in [6.45, 7) is 5.05. The summed E-state index contributed by atoms with van der Waals surface area (Å²) in [6, 6.07) is 14.9. The number of Topliss-reactive ketones (excluding diaryl/α,β-unsaturated/α-hetero) is 1. The number of benzene rings is 2. The Morgan fingerprint density at radius 3 is 2.40 bits per heavy atom. The van der Waals surface area contributed by atoms with Crippen molar-refractivity contribution < 1.29 is 9.53 Å². The summed E-state index contributed by atoms with van der Waals surface area (Å²) in [5.74, 6) is 1.25. The number of methoxy groups -OCH3 is 1. The van der Waals surface area contributed by atoms with E-state index < -0.39 is 0 Å². The van der Waals surface area contributed by atoms with E-state index in [-0.39, 0.29) is 5.54 Å². The van der Waals surface area contributed by atoms with Gasteiger partial charge in [0.2, 0.25) is 0 Å². The maximum absolute atomic E-state index is 12.1. The molecule has 1 fully saturated rings. The fraction of sp³-hybridized carbons (Fsp3) is 0.409. The summed E-state index contributed by atoms with van der Waals surface area (Å²) >= 11 is 0. The Kier molecular flexibility index (Phi) is 5.24. The van der Waals surface area contributed by atoms with Crippen LogP contribution in [-0.2, 0) is 17.6 Å². The molecule has 2 aromatic rings. The average Bonchev–Trinajstić information content (AvgIpc) is 2.66. The molecule has 0 amide bonds. The number of ketones is 1. The third-order valence-electron chi connectivity index (χ3n) is 5.29. The van der Waals surface area contributed by atoms with Crippen molar-refractivity contribution >= 4 is 5.78 Å². The molecule has 0 heterocycles. The zero-order valence-electron chi connectivity index (χ0n) is 15.4. The summed E-state index contributed by atoms with van der Waals surface area (Å²) < 4.78 is 5.33. The molecule has 132 valence electrons. The van der Waals surface area contributed by atoms with Gasteiger partial charge in [-0.2, -0.15) is 0 Å². The van der Waals surface area contributed by atoms with Crippen molar-refractivity contribution in [1.82, 2.24) is 5.32 Å². The molecule has 0 spiro atoms. The molecule has 0 aromatic heterocycles. The number of likely N-dealkylation sites (N-methyl/N-ethyl adjacent to an activating group) is 1. The molecule has 1 aliphatic rings. The monoisotopic (exact) mass is 337 g/mol. The Labute approximate surface area is 150 Å². The van der Waals surface area contributed by atoms with Crippen LogP contribution in [0.2, 0.25) is 0 Å². The lowest BCUT2D eigenvalue weighted by molar-refractivity contribution is -0.133. The highest BCUT2D eigenvalue weighted by molar-refractivity contribution is 5.94. The first-order chi connectivity index (χ1) is 12.1. The van der Waals surface area contributed by atoms with Gasteiger partial charge in [-0.3, -0.25) is 4.79 Å². The Hall–Kier alpha value is -2.13. The molecule has 0 bridgehead atoms. The number of carbonyl (C=O) groups excluding carboxylic acids is 1. The van der Waals surface area contributed by atoms with E-state index >= 15 is 0 Å². The fourth-order valence-electron chi connectivity index (χ4n) is 3.73. The SMILES string of the molecule is CCNC1(Cc2ccc(-c3ccc(OC)cc3CC)cc2)CCC1=O. The summed E-state index contributed by atoms with van der Waals surface area (Å²) in [5, 5.41) is 3.41. The Bertz CT molecular complexity index is 751. The fourth-order valence-corrected chi connectivity index (χ4v) is 3.73. The number of hydrogen-bond donors (Lipinski definition) is 1. The van der Waals surface area contributed by atoms with Crippen LogP contribution in [0.1, 0.15) is 37.8 Å². The van der Waals surface area contributed by atoms with Crippen LogP contribution in [0.25, 0.3) is 11.1 Å². The summed E-state index contributed by atoms with van der Waals surface area (Å²) in [6.07, 6.45) is 3.40. The van der Waals surface area contributed by atoms with Gasteiger partial charge < -0.3 is 10.1 Å². The normalized spacial score (nSPS) is 19.6. The first kappa shape index (κ1) is 17.7. The minimum absolute atomic E-state index is 0.328. The largest absolute Gasteiger partial charge is 0.497 e. The van der Waals surface area contributed by atoms with Gasteiger partial charge in [0, 0.05) is 6.42 Å². The van der Waals surface area contributed by atoms with Crippen LogP contribution in [0.5, 0.6) is 5.75 Å². The van der Waals surface area contributed by atoms with Gasteiger partial charge in [0.25, 0.3) is 0 Å². The predicted octanol–water partition coefficient (Wildman–Crippen LogP) is 4.18. The summed E-state index contributed by atoms with van der Waals surface area (Å²) in [7, 11) is 1.70. The molecule has 1 N–H and O–H groups in total. The first-order valence-electron chi connectivity index (χ1n) is 9.16. The number of carbonyl (C=O) groups is 1. The summed E-state index contributed by atoms with van der Waals surface area (Å²) in [5.41, 5.74) is 4.62. The van der Waals surface area contributed by atoms with Crippen LogP contribution < -0.4 is 10.1 Å². The molecule has 0 aliphatic heterocycles. The van der Waals surface area contributed by atoms with Crippen molar-refractivity contribution in [3.8, 4) is 16.9 Å². The average molecular weight is 337 g/mol. The van der Waals surface area contributed by atoms with E-state index in [0.717, 1.165) is 31.6 Å². The van der Waals surface area contributed by atoms with Crippen molar-refractivity contribution in [3.63, 3.8) is 0 Å². The zero-order valence-corrected chi connectivity index (χ0v) is 15.4. The van der Waals surface area contributed by atoms with E-state index in [0.29, 0.717) is 12.2 Å². The third-order valence-corrected chi connectivity index (χ3v) is 5.29. The standard InChI is InChI=1S/C22H27NO2/c1-4-17-14-19(25-3)10-11-20(17)18-8-6-16(7-9-18)15-22(23-5-2)13-12-21(22)24/h6-11,14,23H,4-5,12-13,15H2,1-3H3. The molecule has 3 nitrogen and oxygen atoms in total. The molecular formula is C22H27NO2. The van der Waals surface area contributed by atoms with E-state index in [4.69, 9.17) is 4.74 Å². The molecule has 3 rings (SSSR count). The van der Waals surface area contributed by atoms with E-state index in [1.807, 2.05) is 6.07 Å². The molecule has 1 saturated carbocycles. The maximum Gasteiger partial charge on any atom is 0.153 e. The molecule has 1 unspecified atom stereocenters. The first-order valence-corrected chi connectivity index (χ1v) is 9.16. The van der Waals surface area contributed by atoms with Gasteiger partial charge in [0.1, 0.15) is 5.75 Å². The number of hydrogen-bond acceptors (Lipinski definition) is 3. The highest BCUT2D eigenvalue weighted by atomic mass is 16.5. The van der Waals surface area contributed by atoms with E-state index in [1.165, 1.54) is 22.3 Å². The summed E-state index contributed by atoms with van der Waals surface area (Å²) in [4.78, 5) is 12.1. The Morgan fingerprint density at radius 2 is 1.88 bits per heavy atom. The molecule has 25 heavy (non-hydrogen) atoms. The highest BCUT2D eigenvalue weighted by Gasteiger charge is 2.44. The van der Waals surface area contributed by atoms with Gasteiger partial charge in [-0.1, -0.05) is 44.2 Å². The second kappa shape index (κ2) is 7.40. The van der Waals surface area contributed by atoms with Gasteiger partial charge in [-0.05, 0) is 60.2 Å². The minimum atomic E-state index is -0.328. The van der Waals surface area contributed by atoms with Gasteiger partial charge in [0.05, 0.1) is 12.6 Å². The van der Waals surface area contributed by atoms with Crippen molar-refractivity contribution in [2.24, 2.45) is 0 Å². The molecule has 2 aromatic carbocycles. The highest BCUT2D eigenvalue weighted by Crippen LogP contribution is 2.33. The van der Waals surface area contributed by atoms with Crippen molar-refractivity contribution in [3.05, 3.63) is 53.6 Å². The van der Waals surface area contributed by atoms with Crippen LogP contribution in [-0.4, -0.2) is 25.0 Å². The molecular weight excluding hydrogens is 310 g/mol. The van der Waals surface area contributed by atoms with E-state index in [1.54, 1.807) is 7.11 Å². The van der Waals surface area contributed by atoms with Crippen LogP contribution in [0, 0.1) is 0 Å². The second-order valence-electron chi connectivity index (χ2n) is 6.79. The number of rotatable bonds is 7. The van der Waals surface area contributed by atoms with Gasteiger partial charge in [0.15, 0.2) is 5.78 Å². The smallest absolute Gasteiger partial charge is 0.153 e. The lowest BCUT2D eigenvalue weighted by Crippen LogP contribution is -2.60. The number of nitrogens with one attached hydrogen (secondary N) is 1. The molecule has 0 saturated heterocycles. The lowest BCUT2D eigenvalue weighted by Gasteiger charge is -2.41. The number of ether oxygens (including phenoxy) is 1. The molecule has 1 aliphatic carbocycles. The number of aryl methyl sites for hydroxylation is 1. The van der Waals surface area contributed by atoms with Crippen LogP contribution >= 0.6 is 0 Å². The van der Waals surface area contributed by atoms with Crippen LogP contribution in [0.4, 0.5) is 0 Å². The predicted molar refractivity (Wildman–Crippen MR) is 102 cm³/mol. The second-order valence-corrected chi connectivity index (χ2v) is 6.79. The van der Waals surface area contributed by atoms with Crippen molar-refractivity contribution in [2.45, 2.75) is 45.1 Å². The van der Waals surface area contributed by atoms with Crippen molar-refractivity contribution in [1.29, 1.82) is 0 Å². The Morgan fingerprint density at radius 1 is 1.12 bits per heavy atom. The Balaban J connectivity index is 1.82. The molecule has 0 radical (unpaired) electrons. The molecule has 3 heteroatoms. The van der Waals surface area contributed by atoms with Gasteiger partial charge in [-0.15, -0.1) is 0 Å². The molecule has 1 atom stereocenters. The van der Waals surface area contributed by atoms with Crippen molar-refractivity contribution in [2.75, 3.05) is 13.7 Å². The zero-order chi connectivity index (χ0) is 17.9. The van der Waals surface area contributed by atoms with Gasteiger partial charge in [-0.25, -0.2) is 0 Å². The van der Waals surface area contributed by atoms with Crippen LogP contribution in [0.3, 0.4) is 0 Å². The van der Waals surface area contributed by atoms with E-state index in [2.05, 4.69) is 55.6 Å².